The first-order valence-electron chi connectivity index (χ1n) is 9.13. The first kappa shape index (κ1) is 19.8. The molecule has 4 rings (SSSR count). The van der Waals surface area contributed by atoms with Crippen LogP contribution in [0.25, 0.3) is 0 Å². The van der Waals surface area contributed by atoms with Crippen LogP contribution in [0.15, 0.2) is 58.9 Å². The van der Waals surface area contributed by atoms with Gasteiger partial charge in [-0.3, -0.25) is 4.79 Å². The molecular weight excluding hydrogens is 411 g/mol. The highest BCUT2D eigenvalue weighted by atomic mass is 32.2. The number of carbonyl (C=O) groups is 1. The molecule has 0 aliphatic carbocycles. The largest absolute Gasteiger partial charge is 0.378 e. The molecule has 1 aliphatic rings. The monoisotopic (exact) mass is 430 g/mol. The third-order valence-corrected chi connectivity index (χ3v) is 6.52. The van der Waals surface area contributed by atoms with Gasteiger partial charge in [-0.25, -0.2) is 4.39 Å². The topological polar surface area (TPSA) is 67.4 Å². The standard InChI is InChI=1S/C20H19FN4O2S2/c21-15-7-4-8-16(13-15)22-19-23-24-20(29-19)28-17(14-5-2-1-3-6-14)18(26)25-9-11-27-12-10-25/h1-8,13,17H,9-12H2,(H,22,23)/t17-/m0/s1. The second-order valence-corrected chi connectivity index (χ2v) is 8.68. The van der Waals surface area contributed by atoms with Gasteiger partial charge >= 0.3 is 0 Å². The number of nitrogens with zero attached hydrogens (tertiary/aromatic N) is 3. The van der Waals surface area contributed by atoms with Gasteiger partial charge in [-0.05, 0) is 23.8 Å². The van der Waals surface area contributed by atoms with Crippen molar-refractivity contribution < 1.29 is 13.9 Å². The number of amides is 1. The van der Waals surface area contributed by atoms with Gasteiger partial charge in [0, 0.05) is 18.8 Å². The first-order chi connectivity index (χ1) is 14.2. The number of morpholine rings is 1. The van der Waals surface area contributed by atoms with Crippen LogP contribution in [0.4, 0.5) is 15.2 Å². The van der Waals surface area contributed by atoms with Crippen LogP contribution in [-0.4, -0.2) is 47.3 Å². The number of thioether (sulfide) groups is 1. The van der Waals surface area contributed by atoms with E-state index in [-0.39, 0.29) is 11.7 Å². The number of anilines is 2. The van der Waals surface area contributed by atoms with Crippen LogP contribution in [0.1, 0.15) is 10.8 Å². The van der Waals surface area contributed by atoms with E-state index in [1.54, 1.807) is 12.1 Å². The minimum absolute atomic E-state index is 0.0411. The van der Waals surface area contributed by atoms with E-state index >= 15 is 0 Å². The molecule has 1 atom stereocenters. The van der Waals surface area contributed by atoms with Gasteiger partial charge in [-0.15, -0.1) is 10.2 Å². The molecule has 1 N–H and O–H groups in total. The predicted octanol–water partition coefficient (Wildman–Crippen LogP) is 4.11. The molecule has 0 saturated carbocycles. The van der Waals surface area contributed by atoms with Crippen molar-refractivity contribution in [3.8, 4) is 0 Å². The molecule has 0 spiro atoms. The summed E-state index contributed by atoms with van der Waals surface area (Å²) in [5.74, 6) is -0.284. The van der Waals surface area contributed by atoms with Crippen LogP contribution < -0.4 is 5.32 Å². The quantitative estimate of drug-likeness (QED) is 0.594. The Morgan fingerprint density at radius 3 is 2.69 bits per heavy atom. The molecule has 2 aromatic carbocycles. The molecule has 1 amide bonds. The zero-order valence-corrected chi connectivity index (χ0v) is 17.1. The minimum Gasteiger partial charge on any atom is -0.378 e. The van der Waals surface area contributed by atoms with Crippen molar-refractivity contribution in [1.29, 1.82) is 0 Å². The Balaban J connectivity index is 1.52. The number of benzene rings is 2. The number of ether oxygens (including phenoxy) is 1. The highest BCUT2D eigenvalue weighted by Gasteiger charge is 2.29. The Morgan fingerprint density at radius 2 is 1.93 bits per heavy atom. The molecule has 29 heavy (non-hydrogen) atoms. The number of hydrogen-bond donors (Lipinski definition) is 1. The normalized spacial score (nSPS) is 15.1. The van der Waals surface area contributed by atoms with E-state index in [0.29, 0.717) is 41.5 Å². The molecule has 1 saturated heterocycles. The zero-order chi connectivity index (χ0) is 20.1. The Hall–Kier alpha value is -2.49. The second-order valence-electron chi connectivity index (χ2n) is 6.35. The van der Waals surface area contributed by atoms with E-state index in [9.17, 15) is 9.18 Å². The summed E-state index contributed by atoms with van der Waals surface area (Å²) in [6, 6.07) is 15.8. The second kappa shape index (κ2) is 9.34. The van der Waals surface area contributed by atoms with Crippen LogP contribution >= 0.6 is 23.1 Å². The Bertz CT molecular complexity index is 964. The molecule has 2 heterocycles. The number of carbonyl (C=O) groups excluding carboxylic acids is 1. The number of aromatic nitrogens is 2. The lowest BCUT2D eigenvalue weighted by atomic mass is 10.1. The van der Waals surface area contributed by atoms with Crippen molar-refractivity contribution in [2.45, 2.75) is 9.59 Å². The minimum atomic E-state index is -0.413. The highest BCUT2D eigenvalue weighted by molar-refractivity contribution is 8.01. The highest BCUT2D eigenvalue weighted by Crippen LogP contribution is 2.39. The van der Waals surface area contributed by atoms with Gasteiger partial charge in [0.05, 0.1) is 13.2 Å². The fourth-order valence-electron chi connectivity index (χ4n) is 2.94. The summed E-state index contributed by atoms with van der Waals surface area (Å²) >= 11 is 2.71. The van der Waals surface area contributed by atoms with Crippen LogP contribution in [0.5, 0.6) is 0 Å². The third-order valence-electron chi connectivity index (χ3n) is 4.35. The van der Waals surface area contributed by atoms with Gasteiger partial charge in [0.2, 0.25) is 11.0 Å². The van der Waals surface area contributed by atoms with Gasteiger partial charge < -0.3 is 15.0 Å². The van der Waals surface area contributed by atoms with E-state index in [2.05, 4.69) is 15.5 Å². The average Bonchev–Trinajstić information content (AvgIpc) is 3.20. The molecule has 9 heteroatoms. The smallest absolute Gasteiger partial charge is 0.240 e. The number of rotatable bonds is 6. The van der Waals surface area contributed by atoms with Crippen molar-refractivity contribution in [3.05, 3.63) is 66.0 Å². The summed E-state index contributed by atoms with van der Waals surface area (Å²) in [6.07, 6.45) is 0. The molecule has 150 valence electrons. The summed E-state index contributed by atoms with van der Waals surface area (Å²) in [6.45, 7) is 2.29. The Kier molecular flexibility index (Phi) is 6.38. The molecule has 6 nitrogen and oxygen atoms in total. The predicted molar refractivity (Wildman–Crippen MR) is 112 cm³/mol. The van der Waals surface area contributed by atoms with Crippen LogP contribution in [0.3, 0.4) is 0 Å². The maximum Gasteiger partial charge on any atom is 0.240 e. The molecule has 3 aromatic rings. The van der Waals surface area contributed by atoms with Crippen molar-refractivity contribution >= 4 is 39.8 Å². The molecule has 0 bridgehead atoms. The number of halogens is 1. The van der Waals surface area contributed by atoms with E-state index in [4.69, 9.17) is 4.74 Å². The van der Waals surface area contributed by atoms with Gasteiger partial charge in [0.1, 0.15) is 11.1 Å². The van der Waals surface area contributed by atoms with Crippen molar-refractivity contribution in [3.63, 3.8) is 0 Å². The third kappa shape index (κ3) is 5.11. The molecule has 1 aromatic heterocycles. The molecule has 0 radical (unpaired) electrons. The fourth-order valence-corrected chi connectivity index (χ4v) is 4.99. The summed E-state index contributed by atoms with van der Waals surface area (Å²) in [4.78, 5) is 15.0. The maximum atomic E-state index is 13.4. The number of nitrogens with one attached hydrogen (secondary N) is 1. The van der Waals surface area contributed by atoms with Crippen LogP contribution in [0.2, 0.25) is 0 Å². The lowest BCUT2D eigenvalue weighted by Crippen LogP contribution is -2.42. The van der Waals surface area contributed by atoms with E-state index in [1.807, 2.05) is 35.2 Å². The molecule has 0 unspecified atom stereocenters. The summed E-state index contributed by atoms with van der Waals surface area (Å²) < 4.78 is 19.4. The first-order valence-corrected chi connectivity index (χ1v) is 10.8. The lowest BCUT2D eigenvalue weighted by molar-refractivity contribution is -0.134. The lowest BCUT2D eigenvalue weighted by Gasteiger charge is -2.30. The molecule has 1 aliphatic heterocycles. The SMILES string of the molecule is O=C([C@@H](Sc1nnc(Nc2cccc(F)c2)s1)c1ccccc1)N1CCOCC1. The van der Waals surface area contributed by atoms with Gasteiger partial charge in [-0.2, -0.15) is 0 Å². The van der Waals surface area contributed by atoms with Crippen molar-refractivity contribution in [2.24, 2.45) is 0 Å². The average molecular weight is 431 g/mol. The van der Waals surface area contributed by atoms with Gasteiger partial charge in [0.15, 0.2) is 4.34 Å². The molecular formula is C20H19FN4O2S2. The summed E-state index contributed by atoms with van der Waals surface area (Å²) in [7, 11) is 0. The molecule has 1 fully saturated rings. The van der Waals surface area contributed by atoms with Crippen LogP contribution in [0, 0.1) is 5.82 Å². The maximum absolute atomic E-state index is 13.4. The van der Waals surface area contributed by atoms with Crippen LogP contribution in [-0.2, 0) is 9.53 Å². The Labute approximate surface area is 176 Å². The van der Waals surface area contributed by atoms with Crippen molar-refractivity contribution in [1.82, 2.24) is 15.1 Å². The van der Waals surface area contributed by atoms with Gasteiger partial charge in [-0.1, -0.05) is 59.5 Å². The van der Waals surface area contributed by atoms with E-state index in [0.717, 1.165) is 5.56 Å². The van der Waals surface area contributed by atoms with E-state index < -0.39 is 5.25 Å². The Morgan fingerprint density at radius 1 is 1.14 bits per heavy atom. The van der Waals surface area contributed by atoms with Crippen molar-refractivity contribution in [2.75, 3.05) is 31.6 Å². The number of hydrogen-bond acceptors (Lipinski definition) is 7. The zero-order valence-electron chi connectivity index (χ0n) is 15.5. The fraction of sp³-hybridized carbons (Fsp3) is 0.250. The van der Waals surface area contributed by atoms with E-state index in [1.165, 1.54) is 35.2 Å². The summed E-state index contributed by atoms with van der Waals surface area (Å²) in [5, 5.41) is 11.5. The summed E-state index contributed by atoms with van der Waals surface area (Å²) in [5.41, 5.74) is 1.52. The van der Waals surface area contributed by atoms with Gasteiger partial charge in [0.25, 0.3) is 0 Å².